The summed E-state index contributed by atoms with van der Waals surface area (Å²) < 4.78 is 5.16. The molecule has 2 aromatic rings. The summed E-state index contributed by atoms with van der Waals surface area (Å²) in [4.78, 5) is 31.0. The number of imidazole rings is 1. The molecule has 0 saturated heterocycles. The van der Waals surface area contributed by atoms with Crippen LogP contribution in [0.1, 0.15) is 27.2 Å². The first-order chi connectivity index (χ1) is 10.9. The van der Waals surface area contributed by atoms with Crippen molar-refractivity contribution in [1.29, 1.82) is 0 Å². The third kappa shape index (κ3) is 4.72. The van der Waals surface area contributed by atoms with Crippen LogP contribution < -0.4 is 5.32 Å². The van der Waals surface area contributed by atoms with Crippen LogP contribution in [-0.4, -0.2) is 34.3 Å². The highest BCUT2D eigenvalue weighted by molar-refractivity contribution is 8.13. The Balaban J connectivity index is 1.74. The number of nitrogens with one attached hydrogen (secondary N) is 2. The monoisotopic (exact) mass is 335 g/mol. The molecule has 0 radical (unpaired) electrons. The third-order valence-electron chi connectivity index (χ3n) is 3.60. The van der Waals surface area contributed by atoms with E-state index in [0.29, 0.717) is 11.6 Å². The van der Waals surface area contributed by atoms with E-state index >= 15 is 0 Å². The second kappa shape index (κ2) is 7.50. The summed E-state index contributed by atoms with van der Waals surface area (Å²) in [6, 6.07) is 7.58. The van der Waals surface area contributed by atoms with Gasteiger partial charge in [-0.3, -0.25) is 9.59 Å². The van der Waals surface area contributed by atoms with E-state index in [-0.39, 0.29) is 24.4 Å². The molecule has 0 aliphatic rings. The summed E-state index contributed by atoms with van der Waals surface area (Å²) >= 11 is 0.981. The van der Waals surface area contributed by atoms with Crippen LogP contribution in [0.2, 0.25) is 0 Å². The van der Waals surface area contributed by atoms with Crippen molar-refractivity contribution in [1.82, 2.24) is 15.3 Å². The van der Waals surface area contributed by atoms with Crippen LogP contribution in [0.25, 0.3) is 11.0 Å². The highest BCUT2D eigenvalue weighted by atomic mass is 32.2. The van der Waals surface area contributed by atoms with Crippen molar-refractivity contribution < 1.29 is 14.3 Å². The zero-order chi connectivity index (χ0) is 16.9. The molecule has 2 N–H and O–H groups in total. The van der Waals surface area contributed by atoms with Crippen LogP contribution in [-0.2, 0) is 9.53 Å². The smallest absolute Gasteiger partial charge is 0.311 e. The van der Waals surface area contributed by atoms with Crippen LogP contribution in [0.3, 0.4) is 0 Å². The summed E-state index contributed by atoms with van der Waals surface area (Å²) in [7, 11) is 0. The maximum atomic E-state index is 11.8. The molecule has 0 bridgehead atoms. The fourth-order valence-corrected chi connectivity index (χ4v) is 2.39. The minimum absolute atomic E-state index is 0.161. The van der Waals surface area contributed by atoms with Crippen LogP contribution in [0.4, 0.5) is 4.79 Å². The second-order valence-electron chi connectivity index (χ2n) is 5.75. The Morgan fingerprint density at radius 1 is 1.35 bits per heavy atom. The van der Waals surface area contributed by atoms with E-state index in [2.05, 4.69) is 15.3 Å². The van der Waals surface area contributed by atoms with Gasteiger partial charge in [0.05, 0.1) is 23.0 Å². The normalized spacial score (nSPS) is 11.4. The zero-order valence-corrected chi connectivity index (χ0v) is 14.3. The van der Waals surface area contributed by atoms with Crippen molar-refractivity contribution in [3.63, 3.8) is 0 Å². The van der Waals surface area contributed by atoms with Gasteiger partial charge in [-0.1, -0.05) is 19.1 Å². The molecule has 0 atom stereocenters. The number of hydrogen-bond donors (Lipinski definition) is 2. The van der Waals surface area contributed by atoms with Gasteiger partial charge in [0.15, 0.2) is 5.16 Å². The van der Waals surface area contributed by atoms with Gasteiger partial charge in [-0.25, -0.2) is 4.98 Å². The fraction of sp³-hybridized carbons (Fsp3) is 0.438. The Hall–Kier alpha value is -2.02. The minimum Gasteiger partial charge on any atom is -0.463 e. The SMILES string of the molecule is CCC(C)(C)C(=O)OCCNC(=O)Sc1nc2ccccc2[nH]1. The molecule has 2 rings (SSSR count). The van der Waals surface area contributed by atoms with Gasteiger partial charge in [-0.05, 0) is 32.4 Å². The maximum absolute atomic E-state index is 11.8. The minimum atomic E-state index is -0.493. The fourth-order valence-electron chi connectivity index (χ4n) is 1.74. The first-order valence-corrected chi connectivity index (χ1v) is 8.31. The van der Waals surface area contributed by atoms with E-state index in [0.717, 1.165) is 22.8 Å². The van der Waals surface area contributed by atoms with Gasteiger partial charge < -0.3 is 15.0 Å². The molecule has 6 nitrogen and oxygen atoms in total. The number of H-pyrrole nitrogens is 1. The number of carbonyl (C=O) groups excluding carboxylic acids is 2. The zero-order valence-electron chi connectivity index (χ0n) is 13.5. The van der Waals surface area contributed by atoms with Gasteiger partial charge in [0.25, 0.3) is 5.24 Å². The molecule has 1 amide bonds. The quantitative estimate of drug-likeness (QED) is 0.480. The number of esters is 1. The van der Waals surface area contributed by atoms with Crippen molar-refractivity contribution >= 4 is 34.0 Å². The summed E-state index contributed by atoms with van der Waals surface area (Å²) in [6.07, 6.45) is 0.708. The number of hydrogen-bond acceptors (Lipinski definition) is 5. The predicted octanol–water partition coefficient (Wildman–Crippen LogP) is 3.34. The summed E-state index contributed by atoms with van der Waals surface area (Å²) in [5.41, 5.74) is 1.21. The topological polar surface area (TPSA) is 84.1 Å². The lowest BCUT2D eigenvalue weighted by Gasteiger charge is -2.20. The highest BCUT2D eigenvalue weighted by Gasteiger charge is 2.26. The number of nitrogens with zero attached hydrogens (tertiary/aromatic N) is 1. The average molecular weight is 335 g/mol. The Morgan fingerprint density at radius 2 is 2.09 bits per heavy atom. The summed E-state index contributed by atoms with van der Waals surface area (Å²) in [6.45, 7) is 6.05. The van der Waals surface area contributed by atoms with Crippen molar-refractivity contribution in [2.45, 2.75) is 32.3 Å². The largest absolute Gasteiger partial charge is 0.463 e. The molecule has 0 aliphatic heterocycles. The van der Waals surface area contributed by atoms with Gasteiger partial charge >= 0.3 is 5.97 Å². The number of ether oxygens (including phenoxy) is 1. The number of fused-ring (bicyclic) bond motifs is 1. The first kappa shape index (κ1) is 17.3. The van der Waals surface area contributed by atoms with E-state index in [1.54, 1.807) is 0 Å². The maximum Gasteiger partial charge on any atom is 0.311 e. The Bertz CT molecular complexity index is 664. The third-order valence-corrected chi connectivity index (χ3v) is 4.31. The van der Waals surface area contributed by atoms with Gasteiger partial charge in [0, 0.05) is 11.8 Å². The number of amides is 1. The van der Waals surface area contributed by atoms with Crippen LogP contribution in [0.15, 0.2) is 29.4 Å². The van der Waals surface area contributed by atoms with Crippen LogP contribution in [0, 0.1) is 5.41 Å². The number of thioether (sulfide) groups is 1. The lowest BCUT2D eigenvalue weighted by atomic mass is 9.91. The molecule has 0 saturated carbocycles. The molecule has 0 fully saturated rings. The van der Waals surface area contributed by atoms with Gasteiger partial charge in [-0.2, -0.15) is 0 Å². The first-order valence-electron chi connectivity index (χ1n) is 7.50. The molecule has 0 unspecified atom stereocenters. The molecule has 0 spiro atoms. The van der Waals surface area contributed by atoms with Gasteiger partial charge in [0.1, 0.15) is 6.61 Å². The molecule has 0 aliphatic carbocycles. The highest BCUT2D eigenvalue weighted by Crippen LogP contribution is 2.21. The van der Waals surface area contributed by atoms with Crippen molar-refractivity contribution in [2.75, 3.05) is 13.2 Å². The van der Waals surface area contributed by atoms with Crippen LogP contribution >= 0.6 is 11.8 Å². The number of benzene rings is 1. The molecule has 23 heavy (non-hydrogen) atoms. The molecule has 7 heteroatoms. The molecular weight excluding hydrogens is 314 g/mol. The molecule has 1 aromatic carbocycles. The number of rotatable bonds is 6. The van der Waals surface area contributed by atoms with Gasteiger partial charge in [0.2, 0.25) is 0 Å². The molecule has 124 valence electrons. The summed E-state index contributed by atoms with van der Waals surface area (Å²) in [5, 5.41) is 2.98. The van der Waals surface area contributed by atoms with Crippen molar-refractivity contribution in [3.8, 4) is 0 Å². The van der Waals surface area contributed by atoms with E-state index in [1.807, 2.05) is 45.0 Å². The molecule has 1 aromatic heterocycles. The van der Waals surface area contributed by atoms with E-state index < -0.39 is 5.41 Å². The predicted molar refractivity (Wildman–Crippen MR) is 90.4 cm³/mol. The van der Waals surface area contributed by atoms with E-state index in [9.17, 15) is 9.59 Å². The lowest BCUT2D eigenvalue weighted by molar-refractivity contribution is -0.153. The lowest BCUT2D eigenvalue weighted by Crippen LogP contribution is -2.30. The van der Waals surface area contributed by atoms with Crippen molar-refractivity contribution in [2.24, 2.45) is 5.41 Å². The number of carbonyl (C=O) groups is 2. The average Bonchev–Trinajstić information content (AvgIpc) is 2.93. The Morgan fingerprint density at radius 3 is 2.78 bits per heavy atom. The van der Waals surface area contributed by atoms with E-state index in [1.165, 1.54) is 0 Å². The molecular formula is C16H21N3O3S. The number of para-hydroxylation sites is 2. The Labute approximate surface area is 139 Å². The Kier molecular flexibility index (Phi) is 5.65. The summed E-state index contributed by atoms with van der Waals surface area (Å²) in [5.74, 6) is -0.251. The van der Waals surface area contributed by atoms with E-state index in [4.69, 9.17) is 4.74 Å². The number of aromatic nitrogens is 2. The van der Waals surface area contributed by atoms with Gasteiger partial charge in [-0.15, -0.1) is 0 Å². The number of aromatic amines is 1. The second-order valence-corrected chi connectivity index (χ2v) is 6.71. The standard InChI is InChI=1S/C16H21N3O3S/c1-4-16(2,3)13(20)22-10-9-17-15(21)23-14-18-11-7-5-6-8-12(11)19-14/h5-8H,4,9-10H2,1-3H3,(H,17,21)(H,18,19). The van der Waals surface area contributed by atoms with Crippen LogP contribution in [0.5, 0.6) is 0 Å². The molecule has 1 heterocycles. The van der Waals surface area contributed by atoms with Crippen molar-refractivity contribution in [3.05, 3.63) is 24.3 Å².